The Morgan fingerprint density at radius 2 is 1.39 bits per heavy atom. The molecule has 1 heterocycles. The molecule has 1 aliphatic heterocycles. The molecule has 4 atom stereocenters. The summed E-state index contributed by atoms with van der Waals surface area (Å²) in [6.07, 6.45) is -5.15. The number of ether oxygens (including phenoxy) is 3. The van der Waals surface area contributed by atoms with Crippen molar-refractivity contribution in [3.8, 4) is 0 Å². The van der Waals surface area contributed by atoms with E-state index in [1.54, 1.807) is 48.5 Å². The second-order valence-corrected chi connectivity index (χ2v) is 6.76. The Kier molecular flexibility index (Phi) is 6.08. The van der Waals surface area contributed by atoms with Crippen molar-refractivity contribution < 1.29 is 34.0 Å². The molecular weight excluding hydrogens is 364 g/mol. The summed E-state index contributed by atoms with van der Waals surface area (Å²) in [7, 11) is 0. The van der Waals surface area contributed by atoms with Crippen molar-refractivity contribution in [2.24, 2.45) is 0 Å². The van der Waals surface area contributed by atoms with Crippen molar-refractivity contribution >= 4 is 11.9 Å². The molecule has 7 nitrogen and oxygen atoms in total. The van der Waals surface area contributed by atoms with E-state index in [0.29, 0.717) is 11.1 Å². The number of aliphatic hydroxyl groups is 2. The Balaban J connectivity index is 1.63. The molecule has 1 saturated heterocycles. The first-order chi connectivity index (χ1) is 13.3. The lowest BCUT2D eigenvalue weighted by atomic mass is 10.1. The van der Waals surface area contributed by atoms with E-state index in [-0.39, 0.29) is 6.61 Å². The fourth-order valence-corrected chi connectivity index (χ4v) is 2.81. The standard InChI is InChI=1S/C21H22O7/c1-12-3-7-14(8-4-12)19(23)26-11-16-18(17(22)21(25)27-16)28-20(24)15-9-5-13(2)6-10-15/h3-10,16-18,21-22,25H,11H2,1-2H3/t16-,17-,18+,21+/m0/s1. The van der Waals surface area contributed by atoms with Crippen molar-refractivity contribution in [1.82, 2.24) is 0 Å². The number of carbonyl (C=O) groups excluding carboxylic acids is 2. The quantitative estimate of drug-likeness (QED) is 0.755. The third-order valence-corrected chi connectivity index (χ3v) is 4.51. The van der Waals surface area contributed by atoms with Gasteiger partial charge in [0.05, 0.1) is 11.1 Å². The molecular formula is C21H22O7. The van der Waals surface area contributed by atoms with Crippen LogP contribution in [0.3, 0.4) is 0 Å². The number of hydrogen-bond donors (Lipinski definition) is 2. The van der Waals surface area contributed by atoms with Gasteiger partial charge < -0.3 is 24.4 Å². The van der Waals surface area contributed by atoms with Crippen molar-refractivity contribution in [2.75, 3.05) is 6.61 Å². The van der Waals surface area contributed by atoms with Crippen LogP contribution < -0.4 is 0 Å². The first-order valence-corrected chi connectivity index (χ1v) is 8.88. The van der Waals surface area contributed by atoms with Crippen LogP contribution in [0.1, 0.15) is 31.8 Å². The minimum absolute atomic E-state index is 0.285. The molecule has 7 heteroatoms. The van der Waals surface area contributed by atoms with Gasteiger partial charge in [0.25, 0.3) is 0 Å². The van der Waals surface area contributed by atoms with E-state index in [2.05, 4.69) is 0 Å². The Morgan fingerprint density at radius 1 is 0.893 bits per heavy atom. The summed E-state index contributed by atoms with van der Waals surface area (Å²) in [5, 5.41) is 19.9. The maximum absolute atomic E-state index is 12.3. The maximum atomic E-state index is 12.3. The van der Waals surface area contributed by atoms with Crippen LogP contribution in [-0.4, -0.2) is 53.4 Å². The molecule has 0 bridgehead atoms. The minimum atomic E-state index is -1.54. The van der Waals surface area contributed by atoms with Crippen LogP contribution in [0.25, 0.3) is 0 Å². The number of benzene rings is 2. The van der Waals surface area contributed by atoms with Gasteiger partial charge in [0.1, 0.15) is 18.8 Å². The summed E-state index contributed by atoms with van der Waals surface area (Å²) in [6, 6.07) is 13.5. The molecule has 0 unspecified atom stereocenters. The second kappa shape index (κ2) is 8.52. The molecule has 0 amide bonds. The number of rotatable bonds is 5. The summed E-state index contributed by atoms with van der Waals surface area (Å²) in [4.78, 5) is 24.5. The SMILES string of the molecule is Cc1ccc(C(=O)OC[C@@H]2O[C@@H](O)[C@@H](O)[C@@H]2OC(=O)c2ccc(C)cc2)cc1. The zero-order chi connectivity index (χ0) is 20.3. The number of hydrogen-bond acceptors (Lipinski definition) is 7. The molecule has 0 aliphatic carbocycles. The Bertz CT molecular complexity index is 829. The first-order valence-electron chi connectivity index (χ1n) is 8.88. The fraction of sp³-hybridized carbons (Fsp3) is 0.333. The van der Waals surface area contributed by atoms with Crippen molar-refractivity contribution in [2.45, 2.75) is 38.4 Å². The smallest absolute Gasteiger partial charge is 0.338 e. The molecule has 2 aromatic rings. The third kappa shape index (κ3) is 4.56. The van der Waals surface area contributed by atoms with E-state index < -0.39 is 36.5 Å². The van der Waals surface area contributed by atoms with Crippen LogP contribution in [-0.2, 0) is 14.2 Å². The highest BCUT2D eigenvalue weighted by atomic mass is 16.7. The largest absolute Gasteiger partial charge is 0.459 e. The van der Waals surface area contributed by atoms with Gasteiger partial charge in [-0.25, -0.2) is 9.59 Å². The monoisotopic (exact) mass is 386 g/mol. The number of aliphatic hydroxyl groups excluding tert-OH is 2. The van der Waals surface area contributed by atoms with Gasteiger partial charge >= 0.3 is 11.9 Å². The zero-order valence-corrected chi connectivity index (χ0v) is 15.6. The van der Waals surface area contributed by atoms with Gasteiger partial charge in [-0.15, -0.1) is 0 Å². The summed E-state index contributed by atoms with van der Waals surface area (Å²) >= 11 is 0. The lowest BCUT2D eigenvalue weighted by Crippen LogP contribution is -2.39. The van der Waals surface area contributed by atoms with E-state index >= 15 is 0 Å². The molecule has 1 aliphatic rings. The van der Waals surface area contributed by atoms with Crippen molar-refractivity contribution in [3.05, 3.63) is 70.8 Å². The molecule has 1 fully saturated rings. The highest BCUT2D eigenvalue weighted by Crippen LogP contribution is 2.24. The van der Waals surface area contributed by atoms with Crippen LogP contribution >= 0.6 is 0 Å². The lowest BCUT2D eigenvalue weighted by molar-refractivity contribution is -0.133. The van der Waals surface area contributed by atoms with Crippen LogP contribution in [0.4, 0.5) is 0 Å². The van der Waals surface area contributed by atoms with E-state index in [4.69, 9.17) is 14.2 Å². The normalized spacial score (nSPS) is 24.0. The number of esters is 2. The Morgan fingerprint density at radius 3 is 1.93 bits per heavy atom. The number of carbonyl (C=O) groups is 2. The molecule has 0 spiro atoms. The maximum Gasteiger partial charge on any atom is 0.338 e. The minimum Gasteiger partial charge on any atom is -0.459 e. The highest BCUT2D eigenvalue weighted by Gasteiger charge is 2.46. The Hall–Kier alpha value is -2.74. The van der Waals surface area contributed by atoms with Gasteiger partial charge in [0.2, 0.25) is 0 Å². The summed E-state index contributed by atoms with van der Waals surface area (Å²) in [5.74, 6) is -1.25. The average Bonchev–Trinajstić information content (AvgIpc) is 2.95. The van der Waals surface area contributed by atoms with Crippen LogP contribution in [0.5, 0.6) is 0 Å². The molecule has 148 valence electrons. The van der Waals surface area contributed by atoms with Gasteiger partial charge in [0, 0.05) is 0 Å². The number of aryl methyl sites for hydroxylation is 2. The first kappa shape index (κ1) is 20.0. The topological polar surface area (TPSA) is 102 Å². The molecule has 0 aromatic heterocycles. The van der Waals surface area contributed by atoms with E-state index in [1.807, 2.05) is 13.8 Å². The molecule has 2 aromatic carbocycles. The van der Waals surface area contributed by atoms with Gasteiger partial charge in [0.15, 0.2) is 12.4 Å². The van der Waals surface area contributed by atoms with Crippen LogP contribution in [0.2, 0.25) is 0 Å². The third-order valence-electron chi connectivity index (χ3n) is 4.51. The predicted molar refractivity (Wildman–Crippen MR) is 98.7 cm³/mol. The van der Waals surface area contributed by atoms with Crippen LogP contribution in [0.15, 0.2) is 48.5 Å². The van der Waals surface area contributed by atoms with E-state index in [0.717, 1.165) is 11.1 Å². The van der Waals surface area contributed by atoms with Gasteiger partial charge in [-0.3, -0.25) is 0 Å². The molecule has 2 N–H and O–H groups in total. The van der Waals surface area contributed by atoms with E-state index in [9.17, 15) is 19.8 Å². The average molecular weight is 386 g/mol. The fourth-order valence-electron chi connectivity index (χ4n) is 2.81. The predicted octanol–water partition coefficient (Wildman–Crippen LogP) is 1.76. The van der Waals surface area contributed by atoms with Crippen LogP contribution in [0, 0.1) is 13.8 Å². The summed E-state index contributed by atoms with van der Waals surface area (Å²) in [6.45, 7) is 3.50. The molecule has 28 heavy (non-hydrogen) atoms. The summed E-state index contributed by atoms with van der Waals surface area (Å²) in [5.41, 5.74) is 2.65. The van der Waals surface area contributed by atoms with Gasteiger partial charge in [-0.05, 0) is 38.1 Å². The molecule has 0 radical (unpaired) electrons. The molecule has 3 rings (SSSR count). The highest BCUT2D eigenvalue weighted by molar-refractivity contribution is 5.90. The molecule has 0 saturated carbocycles. The zero-order valence-electron chi connectivity index (χ0n) is 15.6. The Labute approximate surface area is 162 Å². The second-order valence-electron chi connectivity index (χ2n) is 6.76. The van der Waals surface area contributed by atoms with Crippen molar-refractivity contribution in [3.63, 3.8) is 0 Å². The van der Waals surface area contributed by atoms with Crippen molar-refractivity contribution in [1.29, 1.82) is 0 Å². The summed E-state index contributed by atoms with van der Waals surface area (Å²) < 4.78 is 15.7. The van der Waals surface area contributed by atoms with E-state index in [1.165, 1.54) is 0 Å². The lowest BCUT2D eigenvalue weighted by Gasteiger charge is -2.20. The van der Waals surface area contributed by atoms with Gasteiger partial charge in [-0.2, -0.15) is 0 Å². The van der Waals surface area contributed by atoms with Gasteiger partial charge in [-0.1, -0.05) is 35.4 Å².